The minimum Gasteiger partial charge on any atom is -0.0853 e. The maximum absolute atomic E-state index is 3.97. The molecule has 4 bridgehead atoms. The molecule has 5 rings (SSSR count). The van der Waals surface area contributed by atoms with E-state index < -0.39 is 0 Å². The van der Waals surface area contributed by atoms with Gasteiger partial charge in [0.25, 0.3) is 0 Å². The van der Waals surface area contributed by atoms with Crippen LogP contribution < -0.4 is 0 Å². The van der Waals surface area contributed by atoms with Crippen LogP contribution in [0.3, 0.4) is 0 Å². The SMILES string of the molecule is BrC12CC3C4C3[C@@H](C[C@@H]4C1)C2. The molecular weight excluding hydrogens is 200 g/mol. The molecule has 1 heteroatoms. The predicted octanol–water partition coefficient (Wildman–Crippen LogP) is 2.82. The molecule has 5 fully saturated rings. The number of hydrogen-bond acceptors (Lipinski definition) is 0. The van der Waals surface area contributed by atoms with Crippen molar-refractivity contribution in [2.24, 2.45) is 29.6 Å². The summed E-state index contributed by atoms with van der Waals surface area (Å²) in [5, 5.41) is 0. The van der Waals surface area contributed by atoms with E-state index in [1.165, 1.54) is 37.0 Å². The van der Waals surface area contributed by atoms with Gasteiger partial charge in [0.2, 0.25) is 0 Å². The molecule has 0 spiro atoms. The normalized spacial score (nSPS) is 75.5. The third-order valence-corrected chi connectivity index (χ3v) is 5.82. The molecule has 0 saturated heterocycles. The van der Waals surface area contributed by atoms with Gasteiger partial charge in [0.05, 0.1) is 0 Å². The Morgan fingerprint density at radius 2 is 1.64 bits per heavy atom. The largest absolute Gasteiger partial charge is 0.0853 e. The zero-order valence-electron chi connectivity index (χ0n) is 6.59. The fourth-order valence-electron chi connectivity index (χ4n) is 4.78. The van der Waals surface area contributed by atoms with E-state index in [1.54, 1.807) is 6.42 Å². The van der Waals surface area contributed by atoms with Gasteiger partial charge in [-0.2, -0.15) is 0 Å². The van der Waals surface area contributed by atoms with Crippen LogP contribution in [0, 0.1) is 29.6 Å². The van der Waals surface area contributed by atoms with E-state index in [-0.39, 0.29) is 0 Å². The molecule has 0 aromatic carbocycles. The molecule has 5 saturated carbocycles. The lowest BCUT2D eigenvalue weighted by Gasteiger charge is -2.44. The first-order valence-electron chi connectivity index (χ1n) is 4.96. The summed E-state index contributed by atoms with van der Waals surface area (Å²) in [5.41, 5.74) is 0. The van der Waals surface area contributed by atoms with E-state index >= 15 is 0 Å². The van der Waals surface area contributed by atoms with E-state index in [4.69, 9.17) is 0 Å². The van der Waals surface area contributed by atoms with Crippen LogP contribution in [-0.4, -0.2) is 4.32 Å². The summed E-state index contributed by atoms with van der Waals surface area (Å²) in [6.07, 6.45) is 6.15. The fraction of sp³-hybridized carbons (Fsp3) is 1.00. The van der Waals surface area contributed by atoms with Crippen molar-refractivity contribution in [3.8, 4) is 0 Å². The highest BCUT2D eigenvalue weighted by atomic mass is 79.9. The van der Waals surface area contributed by atoms with Gasteiger partial charge in [-0.3, -0.25) is 0 Å². The van der Waals surface area contributed by atoms with E-state index in [0.717, 1.165) is 11.8 Å². The first-order valence-corrected chi connectivity index (χ1v) is 5.75. The van der Waals surface area contributed by atoms with Gasteiger partial charge >= 0.3 is 0 Å². The molecule has 5 aliphatic rings. The summed E-state index contributed by atoms with van der Waals surface area (Å²) in [5.74, 6) is 5.91. The van der Waals surface area contributed by atoms with Crippen LogP contribution in [0.15, 0.2) is 0 Å². The lowest BCUT2D eigenvalue weighted by atomic mass is 9.68. The molecule has 60 valence electrons. The fourth-order valence-corrected chi connectivity index (χ4v) is 5.99. The van der Waals surface area contributed by atoms with Gasteiger partial charge in [-0.1, -0.05) is 15.9 Å². The average molecular weight is 213 g/mol. The first kappa shape index (κ1) is 6.01. The molecule has 6 atom stereocenters. The topological polar surface area (TPSA) is 0 Å². The van der Waals surface area contributed by atoms with Crippen LogP contribution in [0.1, 0.15) is 25.7 Å². The van der Waals surface area contributed by atoms with Gasteiger partial charge in [-0.05, 0) is 55.3 Å². The minimum atomic E-state index is 0.634. The maximum atomic E-state index is 3.97. The second-order valence-corrected chi connectivity index (χ2v) is 7.02. The summed E-state index contributed by atoms with van der Waals surface area (Å²) in [7, 11) is 0. The Morgan fingerprint density at radius 1 is 1.00 bits per heavy atom. The van der Waals surface area contributed by atoms with Crippen molar-refractivity contribution >= 4 is 15.9 Å². The van der Waals surface area contributed by atoms with Crippen molar-refractivity contribution in [1.29, 1.82) is 0 Å². The molecule has 0 N–H and O–H groups in total. The summed E-state index contributed by atoms with van der Waals surface area (Å²) in [4.78, 5) is 0. The number of halogens is 1. The molecule has 0 heterocycles. The second-order valence-electron chi connectivity index (χ2n) is 5.34. The van der Waals surface area contributed by atoms with Gasteiger partial charge in [-0.25, -0.2) is 0 Å². The average Bonchev–Trinajstić information content (AvgIpc) is 2.51. The monoisotopic (exact) mass is 212 g/mol. The molecular formula is C10H13Br. The predicted molar refractivity (Wildman–Crippen MR) is 47.6 cm³/mol. The second kappa shape index (κ2) is 1.45. The number of alkyl halides is 1. The Morgan fingerprint density at radius 3 is 2.18 bits per heavy atom. The van der Waals surface area contributed by atoms with Crippen molar-refractivity contribution in [1.82, 2.24) is 0 Å². The van der Waals surface area contributed by atoms with Gasteiger partial charge in [-0.15, -0.1) is 0 Å². The molecule has 0 aliphatic heterocycles. The number of hydrogen-bond donors (Lipinski definition) is 0. The van der Waals surface area contributed by atoms with Crippen molar-refractivity contribution in [2.45, 2.75) is 30.0 Å². The highest BCUT2D eigenvalue weighted by Crippen LogP contribution is 2.77. The molecule has 0 amide bonds. The summed E-state index contributed by atoms with van der Waals surface area (Å²) >= 11 is 3.97. The van der Waals surface area contributed by atoms with Crippen molar-refractivity contribution in [3.05, 3.63) is 0 Å². The van der Waals surface area contributed by atoms with Crippen LogP contribution in [0.2, 0.25) is 0 Å². The molecule has 0 aromatic rings. The van der Waals surface area contributed by atoms with Crippen LogP contribution in [-0.2, 0) is 0 Å². The van der Waals surface area contributed by atoms with Crippen LogP contribution in [0.5, 0.6) is 0 Å². The quantitative estimate of drug-likeness (QED) is 0.543. The standard InChI is InChI=1S/C10H13Br/c11-10-2-5-1-6(3-10)9-7(4-10)8(5)9/h5-9H,1-4H2/t5-,6+,7?,8?,9?,10?. The van der Waals surface area contributed by atoms with Crippen molar-refractivity contribution in [3.63, 3.8) is 0 Å². The van der Waals surface area contributed by atoms with Crippen LogP contribution in [0.4, 0.5) is 0 Å². The Labute approximate surface area is 75.9 Å². The van der Waals surface area contributed by atoms with E-state index in [0.29, 0.717) is 4.32 Å². The minimum absolute atomic E-state index is 0.634. The molecule has 5 aliphatic carbocycles. The summed E-state index contributed by atoms with van der Waals surface area (Å²) in [6, 6.07) is 0. The van der Waals surface area contributed by atoms with Crippen LogP contribution >= 0.6 is 15.9 Å². The van der Waals surface area contributed by atoms with Crippen molar-refractivity contribution < 1.29 is 0 Å². The molecule has 0 aromatic heterocycles. The molecule has 11 heavy (non-hydrogen) atoms. The lowest BCUT2D eigenvalue weighted by Crippen LogP contribution is -2.39. The first-order chi connectivity index (χ1) is 5.27. The van der Waals surface area contributed by atoms with Gasteiger partial charge < -0.3 is 0 Å². The Balaban J connectivity index is 1.87. The highest BCUT2D eigenvalue weighted by molar-refractivity contribution is 9.10. The number of rotatable bonds is 0. The Bertz CT molecular complexity index is 217. The van der Waals surface area contributed by atoms with Gasteiger partial charge in [0.15, 0.2) is 0 Å². The van der Waals surface area contributed by atoms with Gasteiger partial charge in [0, 0.05) is 4.32 Å². The Kier molecular flexibility index (Phi) is 0.793. The van der Waals surface area contributed by atoms with E-state index in [2.05, 4.69) is 15.9 Å². The third kappa shape index (κ3) is 0.536. The molecule has 0 radical (unpaired) electrons. The molecule has 4 unspecified atom stereocenters. The zero-order chi connectivity index (χ0) is 7.22. The summed E-state index contributed by atoms with van der Waals surface area (Å²) in [6.45, 7) is 0. The maximum Gasteiger partial charge on any atom is 0.0266 e. The van der Waals surface area contributed by atoms with E-state index in [1.807, 2.05) is 0 Å². The third-order valence-electron chi connectivity index (χ3n) is 4.84. The van der Waals surface area contributed by atoms with E-state index in [9.17, 15) is 0 Å². The molecule has 0 nitrogen and oxygen atoms in total. The summed E-state index contributed by atoms with van der Waals surface area (Å²) < 4.78 is 0.634. The Hall–Kier alpha value is 0.480. The van der Waals surface area contributed by atoms with Crippen molar-refractivity contribution in [2.75, 3.05) is 0 Å². The lowest BCUT2D eigenvalue weighted by molar-refractivity contribution is 0.157. The van der Waals surface area contributed by atoms with Crippen LogP contribution in [0.25, 0.3) is 0 Å². The van der Waals surface area contributed by atoms with Gasteiger partial charge in [0.1, 0.15) is 0 Å². The zero-order valence-corrected chi connectivity index (χ0v) is 8.18. The highest BCUT2D eigenvalue weighted by Gasteiger charge is 2.71. The smallest absolute Gasteiger partial charge is 0.0266 e.